The standard InChI is InChI=1S/C27H39N4O6P.C26H38N3O6P.C18H32N2O4S.C17H31N3O4S/c1-2-35-21-10-9-12-22(32)18-19-25(33)31-26(17-11-20-30-27(28)29)38(34,36-23-13-5-3-6-14-23)37-24-15-7-4-8-16-24;1-2-33-21-11-20-28-24(30)17-18-25(31)29-26(16-9-10-19-27)36(32,34-22-12-5-3-6-13-22)35-23-14-7-4-8-15-23;1-2-23-11-12-24-10-6-5-8-14(21)7-3-4-9-16-17-15(13-25-16)19-18(22)20-17;1-2-23-10-11-24-9-5-8-18-15(21)7-4-3-6-14-16-13(12-25-14)19-17(22)20-16/h3-8,13-16,26H,2,9-12,17-21H2,1H3,(H,31,33)(H4,28,29,30);3-8,12-15,26H,2,9-11,16-21,27H2,1H3,(H,28,30)(H,29,31);15-17H,2-13H2,1H3,(H2,19,20,22);13-14,16H,2-12H2,1H3,(H,18,21)(H2,19,20,22)/t;;15-,16?,17-;13-,14?,16-/m..00/s1. The first kappa shape index (κ1) is 107. The molecule has 0 bridgehead atoms. The molecule has 4 aliphatic heterocycles. The van der Waals surface area contributed by atoms with E-state index in [4.69, 9.17) is 63.7 Å². The van der Waals surface area contributed by atoms with Gasteiger partial charge in [-0.1, -0.05) is 85.6 Å². The monoisotopic (exact) mass is 1810 g/mol. The second-order valence-electron chi connectivity index (χ2n) is 29.7. The number of nitrogens with one attached hydrogen (secondary N) is 8. The Morgan fingerprint density at radius 1 is 0.411 bits per heavy atom. The van der Waals surface area contributed by atoms with E-state index in [2.05, 4.69) is 47.5 Å². The number of fused-ring (bicyclic) bond motifs is 2. The molecule has 14 N–H and O–H groups in total. The quantitative estimate of drug-likeness (QED) is 0.00643. The van der Waals surface area contributed by atoms with Crippen molar-refractivity contribution in [3.8, 4) is 23.0 Å². The van der Waals surface area contributed by atoms with E-state index in [1.54, 1.807) is 109 Å². The van der Waals surface area contributed by atoms with E-state index in [1.807, 2.05) is 63.4 Å². The van der Waals surface area contributed by atoms with Crippen LogP contribution in [-0.2, 0) is 66.3 Å². The maximum Gasteiger partial charge on any atom is 0.452 e. The van der Waals surface area contributed by atoms with Crippen LogP contribution in [0.5, 0.6) is 23.0 Å². The Hall–Kier alpha value is -8.01. The summed E-state index contributed by atoms with van der Waals surface area (Å²) in [5.74, 6) is 0.781. The predicted octanol–water partition coefficient (Wildman–Crippen LogP) is 12.4. The van der Waals surface area contributed by atoms with Crippen LogP contribution in [0.25, 0.3) is 0 Å². The first-order chi connectivity index (χ1) is 60.2. The van der Waals surface area contributed by atoms with Crippen LogP contribution in [0.2, 0.25) is 0 Å². The lowest BCUT2D eigenvalue weighted by molar-refractivity contribution is -0.126. The minimum absolute atomic E-state index is 0.00906. The molecule has 4 heterocycles. The van der Waals surface area contributed by atoms with Crippen molar-refractivity contribution in [1.29, 1.82) is 0 Å². The number of hydrogen-bond donors (Lipinski definition) is 11. The third-order valence-corrected chi connectivity index (χ3v) is 26.9. The van der Waals surface area contributed by atoms with E-state index in [9.17, 15) is 47.5 Å². The number of rotatable bonds is 64. The number of thioether (sulfide) groups is 2. The van der Waals surface area contributed by atoms with Crippen LogP contribution >= 0.6 is 38.7 Å². The molecular weight excluding hydrogens is 1670 g/mol. The molecule has 0 aromatic heterocycles. The summed E-state index contributed by atoms with van der Waals surface area (Å²) in [6, 6.07) is 35.6. The minimum atomic E-state index is -4.01. The summed E-state index contributed by atoms with van der Waals surface area (Å²) >= 11 is 3.86. The molecule has 4 aromatic carbocycles. The molecular formula is C88H140N12O20P2S2. The molecule has 0 saturated carbocycles. The van der Waals surface area contributed by atoms with Crippen LogP contribution in [-0.4, -0.2) is 216 Å². The van der Waals surface area contributed by atoms with Crippen LogP contribution in [0.15, 0.2) is 126 Å². The summed E-state index contributed by atoms with van der Waals surface area (Å²) in [5, 5.41) is 24.2. The van der Waals surface area contributed by atoms with E-state index in [1.165, 1.54) is 0 Å². The Labute approximate surface area is 742 Å². The van der Waals surface area contributed by atoms with Gasteiger partial charge in [-0.05, 0) is 179 Å². The molecule has 36 heteroatoms. The zero-order chi connectivity index (χ0) is 89.5. The van der Waals surface area contributed by atoms with Crippen molar-refractivity contribution in [3.05, 3.63) is 121 Å². The average molecular weight is 1810 g/mol. The molecule has 8 atom stereocenters. The second-order valence-corrected chi connectivity index (χ2v) is 36.4. The number of nitrogens with two attached hydrogens (primary N) is 3. The van der Waals surface area contributed by atoms with Crippen molar-refractivity contribution in [2.45, 2.75) is 234 Å². The number of Topliss-reactive ketones (excluding diaryl/α,β-unsaturated/α-hetero) is 2. The summed E-state index contributed by atoms with van der Waals surface area (Å²) in [5.41, 5.74) is 16.5. The molecule has 0 radical (unpaired) electrons. The second kappa shape index (κ2) is 65.5. The van der Waals surface area contributed by atoms with Gasteiger partial charge in [0, 0.05) is 146 Å². The lowest BCUT2D eigenvalue weighted by atomic mass is 10.0. The van der Waals surface area contributed by atoms with Gasteiger partial charge in [0.1, 0.15) is 34.6 Å². The third-order valence-electron chi connectivity index (χ3n) is 19.7. The highest BCUT2D eigenvalue weighted by Gasteiger charge is 2.45. The molecule has 4 aliphatic rings. The van der Waals surface area contributed by atoms with E-state index in [0.29, 0.717) is 202 Å². The van der Waals surface area contributed by atoms with Gasteiger partial charge < -0.3 is 106 Å². The zero-order valence-electron chi connectivity index (χ0n) is 73.1. The molecule has 694 valence electrons. The van der Waals surface area contributed by atoms with Crippen molar-refractivity contribution >= 4 is 91.9 Å². The molecule has 4 saturated heterocycles. The van der Waals surface area contributed by atoms with Crippen LogP contribution in [0, 0.1) is 0 Å². The number of ketones is 2. The topological polar surface area (TPSA) is 450 Å². The number of hydrogen-bond acceptors (Lipinski definition) is 24. The molecule has 8 amide bonds. The van der Waals surface area contributed by atoms with Gasteiger partial charge in [-0.15, -0.1) is 0 Å². The highest BCUT2D eigenvalue weighted by atomic mass is 32.2. The highest BCUT2D eigenvalue weighted by molar-refractivity contribution is 8.00. The number of benzene rings is 4. The first-order valence-electron chi connectivity index (χ1n) is 44.1. The number of urea groups is 2. The molecule has 4 unspecified atom stereocenters. The van der Waals surface area contributed by atoms with E-state index < -0.39 is 38.6 Å². The maximum absolute atomic E-state index is 14.3. The molecule has 4 fully saturated rings. The van der Waals surface area contributed by atoms with Gasteiger partial charge in [-0.3, -0.25) is 33.8 Å². The predicted molar refractivity (Wildman–Crippen MR) is 487 cm³/mol. The normalized spacial score (nSPS) is 17.1. The number of nitrogens with zero attached hydrogens (tertiary/aromatic N) is 1. The SMILES string of the molecule is CCOCCCCC(=O)CCC(=O)NC(CCCN=C(N)N)P(=O)(Oc1ccccc1)Oc1ccccc1.CCOCCCNC(=O)CCC(=O)NC(CCCCN)P(=O)(Oc1ccccc1)Oc1ccccc1.CCOCCOCCCCC(=O)CCCCC1SC[C@@H]2NC(=O)N[C@H]12.CCOCCOCCCNC(=O)CCCCC1SC[C@@H]2NC(=O)N[C@H]12. The summed E-state index contributed by atoms with van der Waals surface area (Å²) in [7, 11) is -7.94. The van der Waals surface area contributed by atoms with Crippen molar-refractivity contribution in [1.82, 2.24) is 42.5 Å². The van der Waals surface area contributed by atoms with E-state index in [-0.39, 0.29) is 92.4 Å². The lowest BCUT2D eigenvalue weighted by Crippen LogP contribution is -2.38. The van der Waals surface area contributed by atoms with Gasteiger partial charge in [-0.25, -0.2) is 18.7 Å². The average Bonchev–Trinajstić information content (AvgIpc) is 1.40. The fourth-order valence-electron chi connectivity index (χ4n) is 13.3. The number of para-hydroxylation sites is 4. The van der Waals surface area contributed by atoms with Gasteiger partial charge >= 0.3 is 27.3 Å². The Morgan fingerprint density at radius 2 is 0.758 bits per heavy atom. The Bertz CT molecular complexity index is 3580. The fourth-order valence-corrected chi connectivity index (χ4v) is 20.2. The first-order valence-corrected chi connectivity index (χ1v) is 49.4. The zero-order valence-corrected chi connectivity index (χ0v) is 76.5. The Kier molecular flexibility index (Phi) is 56.3. The molecule has 32 nitrogen and oxygen atoms in total. The van der Waals surface area contributed by atoms with Gasteiger partial charge in [0.05, 0.1) is 50.6 Å². The van der Waals surface area contributed by atoms with Crippen LogP contribution in [0.3, 0.4) is 0 Å². The minimum Gasteiger partial charge on any atom is -0.415 e. The molecule has 4 aromatic rings. The molecule has 0 aliphatic carbocycles. The number of guanidine groups is 1. The van der Waals surface area contributed by atoms with Gasteiger partial charge in [-0.2, -0.15) is 23.5 Å². The summed E-state index contributed by atoms with van der Waals surface area (Å²) < 4.78 is 83.8. The smallest absolute Gasteiger partial charge is 0.415 e. The van der Waals surface area contributed by atoms with Crippen LogP contribution < -0.4 is 77.8 Å². The number of ether oxygens (including phenoxy) is 6. The van der Waals surface area contributed by atoms with Gasteiger partial charge in [0.15, 0.2) is 17.5 Å². The van der Waals surface area contributed by atoms with Gasteiger partial charge in [0.2, 0.25) is 23.6 Å². The number of carbonyl (C=O) groups excluding carboxylic acids is 8. The molecule has 8 rings (SSSR count). The third kappa shape index (κ3) is 47.0. The van der Waals surface area contributed by atoms with Crippen molar-refractivity contribution in [2.75, 3.05) is 117 Å². The van der Waals surface area contributed by atoms with Gasteiger partial charge in [0.25, 0.3) is 0 Å². The van der Waals surface area contributed by atoms with E-state index in [0.717, 1.165) is 82.3 Å². The van der Waals surface area contributed by atoms with Crippen LogP contribution in [0.4, 0.5) is 9.59 Å². The Balaban J connectivity index is 0.000000298. The number of aliphatic imine (C=N–C) groups is 1. The largest absolute Gasteiger partial charge is 0.452 e. The van der Waals surface area contributed by atoms with Crippen molar-refractivity contribution < 1.29 is 94.0 Å². The maximum atomic E-state index is 14.3. The number of carbonyl (C=O) groups is 8. The summed E-state index contributed by atoms with van der Waals surface area (Å²) in [6.45, 7) is 17.4. The lowest BCUT2D eigenvalue weighted by Gasteiger charge is -2.28. The van der Waals surface area contributed by atoms with Crippen molar-refractivity contribution in [3.63, 3.8) is 0 Å². The fraction of sp³-hybridized carbons (Fsp3) is 0.625. The summed E-state index contributed by atoms with van der Waals surface area (Å²) in [6.07, 6.45) is 15.5. The molecule has 0 spiro atoms. The van der Waals surface area contributed by atoms with E-state index >= 15 is 0 Å². The number of amides is 8. The summed E-state index contributed by atoms with van der Waals surface area (Å²) in [4.78, 5) is 100. The van der Waals surface area contributed by atoms with Crippen molar-refractivity contribution in [2.24, 2.45) is 22.2 Å². The van der Waals surface area contributed by atoms with Crippen LogP contribution in [0.1, 0.15) is 188 Å². The highest BCUT2D eigenvalue weighted by Crippen LogP contribution is 2.55. The molecule has 124 heavy (non-hydrogen) atoms. The Morgan fingerprint density at radius 3 is 1.18 bits per heavy atom. The number of unbranched alkanes of at least 4 members (excludes halogenated alkanes) is 5.